The third-order valence-corrected chi connectivity index (χ3v) is 2.41. The molecule has 0 saturated carbocycles. The molecular formula is C12H8FN5. The molecule has 0 aliphatic carbocycles. The Morgan fingerprint density at radius 1 is 1.11 bits per heavy atom. The van der Waals surface area contributed by atoms with Crippen molar-refractivity contribution < 1.29 is 4.39 Å². The molecule has 5 nitrogen and oxygen atoms in total. The molecule has 0 fully saturated rings. The Kier molecular flexibility index (Phi) is 2.53. The van der Waals surface area contributed by atoms with Gasteiger partial charge in [-0.2, -0.15) is 0 Å². The Morgan fingerprint density at radius 2 is 2.06 bits per heavy atom. The summed E-state index contributed by atoms with van der Waals surface area (Å²) in [7, 11) is 0. The van der Waals surface area contributed by atoms with Crippen LogP contribution in [0.25, 0.3) is 16.9 Å². The summed E-state index contributed by atoms with van der Waals surface area (Å²) in [5.74, 6) is -0.411. The quantitative estimate of drug-likeness (QED) is 0.687. The zero-order valence-corrected chi connectivity index (χ0v) is 9.23. The average Bonchev–Trinajstić information content (AvgIpc) is 2.89. The van der Waals surface area contributed by atoms with Crippen LogP contribution in [0.1, 0.15) is 0 Å². The maximum Gasteiger partial charge on any atom is 0.143 e. The lowest BCUT2D eigenvalue weighted by Gasteiger charge is -1.98. The second kappa shape index (κ2) is 4.33. The first-order chi connectivity index (χ1) is 8.83. The van der Waals surface area contributed by atoms with E-state index in [1.807, 2.05) is 12.1 Å². The fourth-order valence-corrected chi connectivity index (χ4v) is 1.56. The van der Waals surface area contributed by atoms with Crippen LogP contribution in [0.5, 0.6) is 0 Å². The van der Waals surface area contributed by atoms with E-state index in [0.29, 0.717) is 11.4 Å². The summed E-state index contributed by atoms with van der Waals surface area (Å²) in [4.78, 5) is 7.77. The molecule has 0 unspecified atom stereocenters. The maximum atomic E-state index is 13.0. The van der Waals surface area contributed by atoms with E-state index in [-0.39, 0.29) is 0 Å². The van der Waals surface area contributed by atoms with Gasteiger partial charge in [0.1, 0.15) is 11.5 Å². The SMILES string of the molecule is Fc1cncc(-n2cc(-c3cccnc3)nn2)c1. The van der Waals surface area contributed by atoms with Gasteiger partial charge in [0.2, 0.25) is 0 Å². The van der Waals surface area contributed by atoms with Gasteiger partial charge in [-0.25, -0.2) is 9.07 Å². The molecule has 0 amide bonds. The topological polar surface area (TPSA) is 56.5 Å². The Balaban J connectivity index is 2.00. The predicted molar refractivity (Wildman–Crippen MR) is 62.3 cm³/mol. The lowest BCUT2D eigenvalue weighted by molar-refractivity contribution is 0.617. The van der Waals surface area contributed by atoms with Crippen molar-refractivity contribution in [2.24, 2.45) is 0 Å². The summed E-state index contributed by atoms with van der Waals surface area (Å²) < 4.78 is 14.5. The van der Waals surface area contributed by atoms with Crippen LogP contribution in [0.15, 0.2) is 49.2 Å². The van der Waals surface area contributed by atoms with Crippen LogP contribution >= 0.6 is 0 Å². The van der Waals surface area contributed by atoms with Gasteiger partial charge in [-0.05, 0) is 12.1 Å². The number of rotatable bonds is 2. The third-order valence-electron chi connectivity index (χ3n) is 2.41. The molecule has 0 radical (unpaired) electrons. The van der Waals surface area contributed by atoms with Crippen molar-refractivity contribution in [2.45, 2.75) is 0 Å². The first kappa shape index (κ1) is 10.5. The van der Waals surface area contributed by atoms with Gasteiger partial charge >= 0.3 is 0 Å². The van der Waals surface area contributed by atoms with Gasteiger partial charge in [-0.15, -0.1) is 5.10 Å². The first-order valence-electron chi connectivity index (χ1n) is 5.26. The molecule has 88 valence electrons. The van der Waals surface area contributed by atoms with Crippen LogP contribution in [0.3, 0.4) is 0 Å². The molecule has 6 heteroatoms. The zero-order valence-electron chi connectivity index (χ0n) is 9.23. The molecule has 3 rings (SSSR count). The molecule has 0 spiro atoms. The van der Waals surface area contributed by atoms with Crippen molar-refractivity contribution in [1.82, 2.24) is 25.0 Å². The van der Waals surface area contributed by atoms with E-state index in [0.717, 1.165) is 11.8 Å². The standard InChI is InChI=1S/C12H8FN5/c13-10-4-11(7-15-6-10)18-8-12(16-17-18)9-2-1-3-14-5-9/h1-8H. The fraction of sp³-hybridized carbons (Fsp3) is 0. The van der Waals surface area contributed by atoms with Crippen LogP contribution in [-0.4, -0.2) is 25.0 Å². The minimum Gasteiger partial charge on any atom is -0.264 e. The highest BCUT2D eigenvalue weighted by atomic mass is 19.1. The second-order valence-electron chi connectivity index (χ2n) is 3.65. The molecule has 3 aromatic rings. The van der Waals surface area contributed by atoms with Crippen LogP contribution in [0.4, 0.5) is 4.39 Å². The van der Waals surface area contributed by atoms with Crippen molar-refractivity contribution in [3.8, 4) is 16.9 Å². The van der Waals surface area contributed by atoms with Crippen LogP contribution < -0.4 is 0 Å². The molecule has 18 heavy (non-hydrogen) atoms. The molecule has 0 aliphatic heterocycles. The van der Waals surface area contributed by atoms with Crippen molar-refractivity contribution >= 4 is 0 Å². The summed E-state index contributed by atoms with van der Waals surface area (Å²) in [5, 5.41) is 7.95. The number of nitrogens with zero attached hydrogens (tertiary/aromatic N) is 5. The minimum atomic E-state index is -0.411. The Labute approximate surface area is 102 Å². The number of aromatic nitrogens is 5. The third kappa shape index (κ3) is 1.95. The Hall–Kier alpha value is -2.63. The lowest BCUT2D eigenvalue weighted by atomic mass is 10.2. The largest absolute Gasteiger partial charge is 0.264 e. The van der Waals surface area contributed by atoms with Crippen LogP contribution in [0.2, 0.25) is 0 Å². The van der Waals surface area contributed by atoms with Gasteiger partial charge in [0, 0.05) is 24.0 Å². The number of hydrogen-bond acceptors (Lipinski definition) is 4. The smallest absolute Gasteiger partial charge is 0.143 e. The summed E-state index contributed by atoms with van der Waals surface area (Å²) in [6.45, 7) is 0. The highest BCUT2D eigenvalue weighted by Crippen LogP contribution is 2.15. The molecule has 0 N–H and O–H groups in total. The number of hydrogen-bond donors (Lipinski definition) is 0. The highest BCUT2D eigenvalue weighted by Gasteiger charge is 2.06. The van der Waals surface area contributed by atoms with Crippen molar-refractivity contribution in [1.29, 1.82) is 0 Å². The molecule has 3 heterocycles. The zero-order chi connectivity index (χ0) is 12.4. The van der Waals surface area contributed by atoms with Crippen molar-refractivity contribution in [3.05, 3.63) is 55.0 Å². The summed E-state index contributed by atoms with van der Waals surface area (Å²) in [6.07, 6.45) is 7.74. The van der Waals surface area contributed by atoms with Crippen molar-refractivity contribution in [3.63, 3.8) is 0 Å². The van der Waals surface area contributed by atoms with Gasteiger partial charge in [-0.1, -0.05) is 5.21 Å². The number of halogens is 1. The molecule has 0 aromatic carbocycles. The van der Waals surface area contributed by atoms with E-state index in [4.69, 9.17) is 0 Å². The second-order valence-corrected chi connectivity index (χ2v) is 3.65. The van der Waals surface area contributed by atoms with Crippen LogP contribution in [-0.2, 0) is 0 Å². The Morgan fingerprint density at radius 3 is 2.83 bits per heavy atom. The monoisotopic (exact) mass is 241 g/mol. The van der Waals surface area contributed by atoms with E-state index >= 15 is 0 Å². The average molecular weight is 241 g/mol. The van der Waals surface area contributed by atoms with Crippen molar-refractivity contribution in [2.75, 3.05) is 0 Å². The summed E-state index contributed by atoms with van der Waals surface area (Å²) in [6, 6.07) is 5.04. The fourth-order valence-electron chi connectivity index (χ4n) is 1.56. The maximum absolute atomic E-state index is 13.0. The molecule has 0 aliphatic rings. The van der Waals surface area contributed by atoms with Crippen LogP contribution in [0, 0.1) is 5.82 Å². The molecule has 0 saturated heterocycles. The Bertz CT molecular complexity index is 665. The van der Waals surface area contributed by atoms with E-state index in [1.54, 1.807) is 18.6 Å². The minimum absolute atomic E-state index is 0.411. The molecule has 0 bridgehead atoms. The van der Waals surface area contributed by atoms with E-state index < -0.39 is 5.82 Å². The van der Waals surface area contributed by atoms with Gasteiger partial charge in [0.05, 0.1) is 24.3 Å². The molecule has 3 aromatic heterocycles. The highest BCUT2D eigenvalue weighted by molar-refractivity contribution is 5.56. The predicted octanol–water partition coefficient (Wildman–Crippen LogP) is 1.86. The van der Waals surface area contributed by atoms with Gasteiger partial charge in [0.25, 0.3) is 0 Å². The van der Waals surface area contributed by atoms with E-state index in [2.05, 4.69) is 20.3 Å². The number of pyridine rings is 2. The lowest BCUT2D eigenvalue weighted by Crippen LogP contribution is -1.96. The van der Waals surface area contributed by atoms with Gasteiger partial charge in [-0.3, -0.25) is 9.97 Å². The van der Waals surface area contributed by atoms with Gasteiger partial charge < -0.3 is 0 Å². The molecular weight excluding hydrogens is 233 g/mol. The van der Waals surface area contributed by atoms with E-state index in [9.17, 15) is 4.39 Å². The first-order valence-corrected chi connectivity index (χ1v) is 5.26. The normalized spacial score (nSPS) is 10.5. The molecule has 0 atom stereocenters. The van der Waals surface area contributed by atoms with E-state index in [1.165, 1.54) is 16.9 Å². The summed E-state index contributed by atoms with van der Waals surface area (Å²) >= 11 is 0. The summed E-state index contributed by atoms with van der Waals surface area (Å²) in [5.41, 5.74) is 2.05. The van der Waals surface area contributed by atoms with Gasteiger partial charge in [0.15, 0.2) is 0 Å².